The SMILES string of the molecule is CCCNC(Cc1ccco1)c1ccc(C)c(F)c1. The van der Waals surface area contributed by atoms with Crippen molar-refractivity contribution in [1.29, 1.82) is 0 Å². The molecule has 0 aliphatic heterocycles. The van der Waals surface area contributed by atoms with E-state index < -0.39 is 0 Å². The van der Waals surface area contributed by atoms with Gasteiger partial charge in [0.2, 0.25) is 0 Å². The molecular weight excluding hydrogens is 241 g/mol. The molecule has 2 rings (SSSR count). The smallest absolute Gasteiger partial charge is 0.126 e. The highest BCUT2D eigenvalue weighted by Crippen LogP contribution is 2.21. The number of hydrogen-bond donors (Lipinski definition) is 1. The van der Waals surface area contributed by atoms with E-state index in [-0.39, 0.29) is 11.9 Å². The molecule has 0 amide bonds. The minimum Gasteiger partial charge on any atom is -0.469 e. The molecule has 1 atom stereocenters. The molecule has 3 heteroatoms. The van der Waals surface area contributed by atoms with E-state index in [1.165, 1.54) is 0 Å². The highest BCUT2D eigenvalue weighted by Gasteiger charge is 2.14. The summed E-state index contributed by atoms with van der Waals surface area (Å²) in [6, 6.07) is 9.34. The maximum absolute atomic E-state index is 13.7. The molecule has 0 saturated carbocycles. The third kappa shape index (κ3) is 3.67. The van der Waals surface area contributed by atoms with Crippen LogP contribution in [0.2, 0.25) is 0 Å². The van der Waals surface area contributed by atoms with Gasteiger partial charge in [0.15, 0.2) is 0 Å². The summed E-state index contributed by atoms with van der Waals surface area (Å²) in [6.45, 7) is 4.80. The molecule has 1 N–H and O–H groups in total. The Hall–Kier alpha value is -1.61. The molecule has 1 heterocycles. The molecule has 1 aromatic heterocycles. The van der Waals surface area contributed by atoms with Crippen LogP contribution in [-0.4, -0.2) is 6.54 Å². The van der Waals surface area contributed by atoms with Crippen molar-refractivity contribution in [2.75, 3.05) is 6.54 Å². The lowest BCUT2D eigenvalue weighted by molar-refractivity contribution is 0.447. The predicted molar refractivity (Wildman–Crippen MR) is 74.6 cm³/mol. The van der Waals surface area contributed by atoms with E-state index in [0.29, 0.717) is 5.56 Å². The fourth-order valence-corrected chi connectivity index (χ4v) is 2.08. The van der Waals surface area contributed by atoms with Crippen LogP contribution in [0.1, 0.15) is 36.3 Å². The average Bonchev–Trinajstić information content (AvgIpc) is 2.91. The molecule has 0 bridgehead atoms. The Labute approximate surface area is 113 Å². The lowest BCUT2D eigenvalue weighted by atomic mass is 10.0. The monoisotopic (exact) mass is 261 g/mol. The van der Waals surface area contributed by atoms with Gasteiger partial charge in [-0.15, -0.1) is 0 Å². The average molecular weight is 261 g/mol. The third-order valence-corrected chi connectivity index (χ3v) is 3.22. The van der Waals surface area contributed by atoms with Gasteiger partial charge in [0.1, 0.15) is 11.6 Å². The van der Waals surface area contributed by atoms with Crippen LogP contribution in [-0.2, 0) is 6.42 Å². The number of nitrogens with one attached hydrogen (secondary N) is 1. The van der Waals surface area contributed by atoms with E-state index in [1.807, 2.05) is 24.3 Å². The Kier molecular flexibility index (Phi) is 4.74. The van der Waals surface area contributed by atoms with Crippen LogP contribution < -0.4 is 5.32 Å². The number of hydrogen-bond acceptors (Lipinski definition) is 2. The second-order valence-electron chi connectivity index (χ2n) is 4.80. The van der Waals surface area contributed by atoms with Crippen LogP contribution in [0.15, 0.2) is 41.0 Å². The summed E-state index contributed by atoms with van der Waals surface area (Å²) >= 11 is 0. The van der Waals surface area contributed by atoms with Gasteiger partial charge in [-0.2, -0.15) is 0 Å². The van der Waals surface area contributed by atoms with E-state index in [1.54, 1.807) is 19.3 Å². The zero-order chi connectivity index (χ0) is 13.7. The molecule has 2 nitrogen and oxygen atoms in total. The number of furan rings is 1. The number of halogens is 1. The van der Waals surface area contributed by atoms with E-state index in [9.17, 15) is 4.39 Å². The molecule has 2 aromatic rings. The Morgan fingerprint density at radius 1 is 1.32 bits per heavy atom. The van der Waals surface area contributed by atoms with Gasteiger partial charge in [0, 0.05) is 12.5 Å². The van der Waals surface area contributed by atoms with Gasteiger partial charge in [-0.1, -0.05) is 19.1 Å². The Morgan fingerprint density at radius 3 is 2.79 bits per heavy atom. The molecule has 19 heavy (non-hydrogen) atoms. The lowest BCUT2D eigenvalue weighted by Crippen LogP contribution is -2.24. The second-order valence-corrected chi connectivity index (χ2v) is 4.80. The first kappa shape index (κ1) is 13.8. The molecule has 0 fully saturated rings. The predicted octanol–water partition coefficient (Wildman–Crippen LogP) is 4.01. The number of aryl methyl sites for hydroxylation is 1. The fraction of sp³-hybridized carbons (Fsp3) is 0.375. The minimum atomic E-state index is -0.153. The molecule has 0 aliphatic rings. The van der Waals surface area contributed by atoms with Gasteiger partial charge >= 0.3 is 0 Å². The van der Waals surface area contributed by atoms with Gasteiger partial charge in [-0.25, -0.2) is 4.39 Å². The van der Waals surface area contributed by atoms with E-state index in [2.05, 4.69) is 12.2 Å². The Balaban J connectivity index is 2.18. The summed E-state index contributed by atoms with van der Waals surface area (Å²) in [5, 5.41) is 3.44. The summed E-state index contributed by atoms with van der Waals surface area (Å²) in [5.74, 6) is 0.759. The minimum absolute atomic E-state index is 0.0844. The van der Waals surface area contributed by atoms with Crippen LogP contribution in [0.5, 0.6) is 0 Å². The molecule has 0 spiro atoms. The molecule has 1 unspecified atom stereocenters. The third-order valence-electron chi connectivity index (χ3n) is 3.22. The van der Waals surface area contributed by atoms with E-state index in [0.717, 1.165) is 30.7 Å². The van der Waals surface area contributed by atoms with Crippen LogP contribution in [0.25, 0.3) is 0 Å². The summed E-state index contributed by atoms with van der Waals surface area (Å²) in [7, 11) is 0. The van der Waals surface area contributed by atoms with Crippen molar-refractivity contribution in [3.8, 4) is 0 Å². The van der Waals surface area contributed by atoms with Crippen molar-refractivity contribution in [2.24, 2.45) is 0 Å². The molecule has 1 aromatic carbocycles. The summed E-state index contributed by atoms with van der Waals surface area (Å²) in [6.07, 6.45) is 3.44. The Bertz CT molecular complexity index is 507. The highest BCUT2D eigenvalue weighted by molar-refractivity contribution is 5.26. The van der Waals surface area contributed by atoms with Gasteiger partial charge < -0.3 is 9.73 Å². The van der Waals surface area contributed by atoms with Crippen molar-refractivity contribution >= 4 is 0 Å². The zero-order valence-electron chi connectivity index (χ0n) is 11.4. The molecular formula is C16H20FNO. The van der Waals surface area contributed by atoms with Crippen LogP contribution in [0.4, 0.5) is 4.39 Å². The summed E-state index contributed by atoms with van der Waals surface area (Å²) in [5.41, 5.74) is 1.64. The summed E-state index contributed by atoms with van der Waals surface area (Å²) in [4.78, 5) is 0. The van der Waals surface area contributed by atoms with Gasteiger partial charge in [-0.3, -0.25) is 0 Å². The van der Waals surface area contributed by atoms with Crippen molar-refractivity contribution in [2.45, 2.75) is 32.7 Å². The molecule has 102 valence electrons. The topological polar surface area (TPSA) is 25.2 Å². The van der Waals surface area contributed by atoms with Gasteiger partial charge in [-0.05, 0) is 49.2 Å². The fourth-order valence-electron chi connectivity index (χ4n) is 2.08. The van der Waals surface area contributed by atoms with Crippen molar-refractivity contribution < 1.29 is 8.81 Å². The maximum Gasteiger partial charge on any atom is 0.126 e. The standard InChI is InChI=1S/C16H20FNO/c1-3-8-18-16(11-14-5-4-9-19-14)13-7-6-12(2)15(17)10-13/h4-7,9-10,16,18H,3,8,11H2,1-2H3. The molecule has 0 saturated heterocycles. The Morgan fingerprint density at radius 2 is 2.16 bits per heavy atom. The quantitative estimate of drug-likeness (QED) is 0.850. The van der Waals surface area contributed by atoms with E-state index in [4.69, 9.17) is 4.42 Å². The van der Waals surface area contributed by atoms with Crippen molar-refractivity contribution in [3.05, 3.63) is 59.3 Å². The second kappa shape index (κ2) is 6.53. The van der Waals surface area contributed by atoms with E-state index >= 15 is 0 Å². The maximum atomic E-state index is 13.7. The first-order chi connectivity index (χ1) is 9.20. The van der Waals surface area contributed by atoms with Crippen molar-refractivity contribution in [3.63, 3.8) is 0 Å². The number of benzene rings is 1. The number of rotatable bonds is 6. The lowest BCUT2D eigenvalue weighted by Gasteiger charge is -2.18. The van der Waals surface area contributed by atoms with Crippen LogP contribution >= 0.6 is 0 Å². The van der Waals surface area contributed by atoms with Crippen molar-refractivity contribution in [1.82, 2.24) is 5.32 Å². The first-order valence-electron chi connectivity index (χ1n) is 6.72. The normalized spacial score (nSPS) is 12.6. The molecule has 0 aliphatic carbocycles. The first-order valence-corrected chi connectivity index (χ1v) is 6.72. The van der Waals surface area contributed by atoms with Crippen LogP contribution in [0.3, 0.4) is 0 Å². The zero-order valence-corrected chi connectivity index (χ0v) is 11.4. The van der Waals surface area contributed by atoms with Gasteiger partial charge in [0.25, 0.3) is 0 Å². The summed E-state index contributed by atoms with van der Waals surface area (Å²) < 4.78 is 19.1. The largest absolute Gasteiger partial charge is 0.469 e. The van der Waals surface area contributed by atoms with Gasteiger partial charge in [0.05, 0.1) is 6.26 Å². The highest BCUT2D eigenvalue weighted by atomic mass is 19.1. The van der Waals surface area contributed by atoms with Crippen LogP contribution in [0, 0.1) is 12.7 Å². The molecule has 0 radical (unpaired) electrons.